The largest absolute Gasteiger partial charge is 0.386 e. The molecular weight excluding hydrogens is 242 g/mol. The molecule has 1 atom stereocenters. The molecular formula is C14H21N3O2. The van der Waals surface area contributed by atoms with E-state index in [0.29, 0.717) is 18.7 Å². The van der Waals surface area contributed by atoms with Crippen molar-refractivity contribution >= 4 is 11.6 Å². The second-order valence-electron chi connectivity index (χ2n) is 5.55. The van der Waals surface area contributed by atoms with Gasteiger partial charge in [-0.2, -0.15) is 0 Å². The molecule has 1 saturated heterocycles. The van der Waals surface area contributed by atoms with Gasteiger partial charge in [0.05, 0.1) is 29.2 Å². The quantitative estimate of drug-likeness (QED) is 0.883. The smallest absolute Gasteiger partial charge is 0.256 e. The molecule has 19 heavy (non-hydrogen) atoms. The number of amides is 1. The van der Waals surface area contributed by atoms with Gasteiger partial charge < -0.3 is 15.0 Å². The Kier molecular flexibility index (Phi) is 3.75. The van der Waals surface area contributed by atoms with E-state index in [9.17, 15) is 4.79 Å². The van der Waals surface area contributed by atoms with Crippen molar-refractivity contribution in [2.24, 2.45) is 0 Å². The number of aromatic nitrogens is 1. The van der Waals surface area contributed by atoms with Crippen molar-refractivity contribution in [2.45, 2.75) is 32.5 Å². The maximum absolute atomic E-state index is 12.6. The summed E-state index contributed by atoms with van der Waals surface area (Å²) < 4.78 is 5.82. The summed E-state index contributed by atoms with van der Waals surface area (Å²) in [5, 5.41) is 3.01. The van der Waals surface area contributed by atoms with Crippen LogP contribution in [0.3, 0.4) is 0 Å². The molecule has 0 bridgehead atoms. The predicted octanol–water partition coefficient (Wildman–Crippen LogP) is 1.76. The molecule has 1 aromatic heterocycles. The average Bonchev–Trinajstić information content (AvgIpc) is 2.35. The van der Waals surface area contributed by atoms with Crippen molar-refractivity contribution in [1.82, 2.24) is 9.88 Å². The Morgan fingerprint density at radius 1 is 1.58 bits per heavy atom. The molecule has 104 valence electrons. The first kappa shape index (κ1) is 13.8. The van der Waals surface area contributed by atoms with Crippen LogP contribution >= 0.6 is 0 Å². The van der Waals surface area contributed by atoms with E-state index in [0.717, 1.165) is 5.69 Å². The van der Waals surface area contributed by atoms with Crippen molar-refractivity contribution < 1.29 is 9.53 Å². The van der Waals surface area contributed by atoms with E-state index >= 15 is 0 Å². The molecule has 5 heteroatoms. The molecule has 1 unspecified atom stereocenters. The van der Waals surface area contributed by atoms with Crippen molar-refractivity contribution in [2.75, 3.05) is 25.5 Å². The summed E-state index contributed by atoms with van der Waals surface area (Å²) in [4.78, 5) is 18.5. The minimum Gasteiger partial charge on any atom is -0.386 e. The number of nitrogens with one attached hydrogen (secondary N) is 1. The lowest BCUT2D eigenvalue weighted by Crippen LogP contribution is -2.53. The summed E-state index contributed by atoms with van der Waals surface area (Å²) >= 11 is 0. The highest BCUT2D eigenvalue weighted by Gasteiger charge is 2.34. The van der Waals surface area contributed by atoms with Crippen LogP contribution < -0.4 is 5.32 Å². The maximum Gasteiger partial charge on any atom is 0.256 e. The lowest BCUT2D eigenvalue weighted by atomic mass is 10.0. The molecule has 0 saturated carbocycles. The van der Waals surface area contributed by atoms with E-state index in [-0.39, 0.29) is 17.6 Å². The summed E-state index contributed by atoms with van der Waals surface area (Å²) in [5.41, 5.74) is 1.10. The summed E-state index contributed by atoms with van der Waals surface area (Å²) in [6, 6.07) is 1.75. The number of morpholine rings is 1. The van der Waals surface area contributed by atoms with Crippen LogP contribution in [0.25, 0.3) is 0 Å². The van der Waals surface area contributed by atoms with Gasteiger partial charge in [-0.15, -0.1) is 0 Å². The number of rotatable bonds is 2. The summed E-state index contributed by atoms with van der Waals surface area (Å²) in [7, 11) is 1.79. The fraction of sp³-hybridized carbons (Fsp3) is 0.571. The number of nitrogens with zero attached hydrogens (tertiary/aromatic N) is 2. The SMILES string of the molecule is CNc1cnccc1C(=O)N1CC(C)OC(C)(C)C1. The van der Waals surface area contributed by atoms with Crippen LogP contribution in [-0.4, -0.2) is 47.6 Å². The van der Waals surface area contributed by atoms with Gasteiger partial charge in [0.2, 0.25) is 0 Å². The van der Waals surface area contributed by atoms with E-state index in [1.807, 2.05) is 25.7 Å². The molecule has 1 aliphatic rings. The van der Waals surface area contributed by atoms with Gasteiger partial charge in [0.25, 0.3) is 5.91 Å². The zero-order chi connectivity index (χ0) is 14.0. The highest BCUT2D eigenvalue weighted by Crippen LogP contribution is 2.24. The number of pyridine rings is 1. The van der Waals surface area contributed by atoms with Crippen LogP contribution in [0.15, 0.2) is 18.5 Å². The van der Waals surface area contributed by atoms with Crippen molar-refractivity contribution in [1.29, 1.82) is 0 Å². The molecule has 2 rings (SSSR count). The van der Waals surface area contributed by atoms with E-state index in [1.165, 1.54) is 0 Å². The van der Waals surface area contributed by atoms with Gasteiger partial charge in [0, 0.05) is 26.3 Å². The first-order valence-corrected chi connectivity index (χ1v) is 6.52. The first-order valence-electron chi connectivity index (χ1n) is 6.52. The molecule has 0 aliphatic carbocycles. The van der Waals surface area contributed by atoms with Gasteiger partial charge in [-0.05, 0) is 26.8 Å². The van der Waals surface area contributed by atoms with Crippen molar-refractivity contribution in [3.63, 3.8) is 0 Å². The monoisotopic (exact) mass is 263 g/mol. The van der Waals surface area contributed by atoms with E-state index in [1.54, 1.807) is 25.5 Å². The third kappa shape index (κ3) is 3.04. The van der Waals surface area contributed by atoms with Gasteiger partial charge >= 0.3 is 0 Å². The zero-order valence-electron chi connectivity index (χ0n) is 11.9. The number of hydrogen-bond donors (Lipinski definition) is 1. The molecule has 1 aliphatic heterocycles. The summed E-state index contributed by atoms with van der Waals surface area (Å²) in [5.74, 6) is 0.0231. The molecule has 0 spiro atoms. The maximum atomic E-state index is 12.6. The van der Waals surface area contributed by atoms with Gasteiger partial charge in [-0.1, -0.05) is 0 Å². The third-order valence-corrected chi connectivity index (χ3v) is 3.18. The Morgan fingerprint density at radius 3 is 2.95 bits per heavy atom. The zero-order valence-corrected chi connectivity index (χ0v) is 11.9. The van der Waals surface area contributed by atoms with Gasteiger partial charge in [-0.3, -0.25) is 9.78 Å². The van der Waals surface area contributed by atoms with Crippen LogP contribution in [0, 0.1) is 0 Å². The minimum absolute atomic E-state index is 0.0231. The van der Waals surface area contributed by atoms with Gasteiger partial charge in [0.15, 0.2) is 0 Å². The number of carbonyl (C=O) groups excluding carboxylic acids is 1. The predicted molar refractivity (Wildman–Crippen MR) is 74.3 cm³/mol. The standard InChI is InChI=1S/C14H21N3O2/c1-10-8-17(9-14(2,3)19-10)13(18)11-5-6-16-7-12(11)15-4/h5-7,10,15H,8-9H2,1-4H3. The number of anilines is 1. The molecule has 0 aromatic carbocycles. The number of hydrogen-bond acceptors (Lipinski definition) is 4. The summed E-state index contributed by atoms with van der Waals surface area (Å²) in [6.07, 6.45) is 3.36. The normalized spacial score (nSPS) is 22.1. The molecule has 1 amide bonds. The molecule has 1 aromatic rings. The third-order valence-electron chi connectivity index (χ3n) is 3.18. The van der Waals surface area contributed by atoms with Crippen molar-refractivity contribution in [3.8, 4) is 0 Å². The molecule has 1 N–H and O–H groups in total. The first-order chi connectivity index (χ1) is 8.93. The van der Waals surface area contributed by atoms with E-state index < -0.39 is 0 Å². The second-order valence-corrected chi connectivity index (χ2v) is 5.55. The summed E-state index contributed by atoms with van der Waals surface area (Å²) in [6.45, 7) is 7.23. The van der Waals surface area contributed by atoms with Crippen molar-refractivity contribution in [3.05, 3.63) is 24.0 Å². The van der Waals surface area contributed by atoms with Crippen LogP contribution in [0.5, 0.6) is 0 Å². The van der Waals surface area contributed by atoms with Gasteiger partial charge in [0.1, 0.15) is 0 Å². The fourth-order valence-electron chi connectivity index (χ4n) is 2.56. The Hall–Kier alpha value is -1.62. The van der Waals surface area contributed by atoms with Gasteiger partial charge in [-0.25, -0.2) is 0 Å². The lowest BCUT2D eigenvalue weighted by molar-refractivity contribution is -0.118. The molecule has 1 fully saturated rings. The number of carbonyl (C=O) groups is 1. The topological polar surface area (TPSA) is 54.5 Å². The molecule has 2 heterocycles. The fourth-order valence-corrected chi connectivity index (χ4v) is 2.56. The van der Waals surface area contributed by atoms with E-state index in [2.05, 4.69) is 10.3 Å². The Balaban J connectivity index is 2.24. The highest BCUT2D eigenvalue weighted by atomic mass is 16.5. The lowest BCUT2D eigenvalue weighted by Gasteiger charge is -2.41. The number of ether oxygens (including phenoxy) is 1. The Morgan fingerprint density at radius 2 is 2.32 bits per heavy atom. The average molecular weight is 263 g/mol. The molecule has 5 nitrogen and oxygen atoms in total. The highest BCUT2D eigenvalue weighted by molar-refractivity contribution is 5.99. The Bertz CT molecular complexity index is 474. The van der Waals surface area contributed by atoms with Crippen LogP contribution in [0.4, 0.5) is 5.69 Å². The van der Waals surface area contributed by atoms with Crippen LogP contribution in [-0.2, 0) is 4.74 Å². The minimum atomic E-state index is -0.305. The van der Waals surface area contributed by atoms with E-state index in [4.69, 9.17) is 4.74 Å². The van der Waals surface area contributed by atoms with Crippen LogP contribution in [0.1, 0.15) is 31.1 Å². The molecule has 0 radical (unpaired) electrons. The second kappa shape index (κ2) is 5.17. The van der Waals surface area contributed by atoms with Crippen LogP contribution in [0.2, 0.25) is 0 Å². The Labute approximate surface area is 114 Å².